The van der Waals surface area contributed by atoms with Crippen LogP contribution >= 0.6 is 0 Å². The lowest BCUT2D eigenvalue weighted by atomic mass is 9.99. The highest BCUT2D eigenvalue weighted by Crippen LogP contribution is 2.23. The molecule has 2 aromatic rings. The Kier molecular flexibility index (Phi) is 6.83. The van der Waals surface area contributed by atoms with Gasteiger partial charge < -0.3 is 19.0 Å². The summed E-state index contributed by atoms with van der Waals surface area (Å²) in [5.41, 5.74) is 1.76. The highest BCUT2D eigenvalue weighted by atomic mass is 16.5. The van der Waals surface area contributed by atoms with Gasteiger partial charge in [0.25, 0.3) is 5.91 Å². The summed E-state index contributed by atoms with van der Waals surface area (Å²) >= 11 is 0. The van der Waals surface area contributed by atoms with Gasteiger partial charge in [0.1, 0.15) is 5.69 Å². The molecule has 0 aliphatic heterocycles. The predicted octanol–water partition coefficient (Wildman–Crippen LogP) is 3.77. The maximum atomic E-state index is 13.3. The van der Waals surface area contributed by atoms with E-state index in [1.54, 1.807) is 32.9 Å². The molecule has 2 rings (SSSR count). The van der Waals surface area contributed by atoms with Gasteiger partial charge in [0.2, 0.25) is 0 Å². The summed E-state index contributed by atoms with van der Waals surface area (Å²) in [7, 11) is 1.29. The van der Waals surface area contributed by atoms with Crippen LogP contribution in [-0.4, -0.2) is 47.2 Å². The Labute approximate surface area is 165 Å². The summed E-state index contributed by atoms with van der Waals surface area (Å²) in [5.74, 6) is -0.525. The Morgan fingerprint density at radius 2 is 1.89 bits per heavy atom. The van der Waals surface area contributed by atoms with Gasteiger partial charge in [-0.1, -0.05) is 13.8 Å². The number of nitrogens with zero attached hydrogens (tertiary/aromatic N) is 1. The van der Waals surface area contributed by atoms with Gasteiger partial charge in [-0.05, 0) is 50.8 Å². The average Bonchev–Trinajstić information content (AvgIpc) is 3.28. The van der Waals surface area contributed by atoms with E-state index >= 15 is 0 Å². The van der Waals surface area contributed by atoms with Gasteiger partial charge in [0.05, 0.1) is 19.4 Å². The number of amides is 1. The van der Waals surface area contributed by atoms with E-state index < -0.39 is 12.0 Å². The fourth-order valence-electron chi connectivity index (χ4n) is 3.19. The zero-order valence-corrected chi connectivity index (χ0v) is 17.3. The molecule has 0 aromatic carbocycles. The van der Waals surface area contributed by atoms with Crippen molar-refractivity contribution in [1.82, 2.24) is 9.88 Å². The van der Waals surface area contributed by atoms with Crippen molar-refractivity contribution in [1.29, 1.82) is 0 Å². The Morgan fingerprint density at radius 1 is 1.21 bits per heavy atom. The minimum absolute atomic E-state index is 0.196. The van der Waals surface area contributed by atoms with Crippen molar-refractivity contribution in [3.05, 3.63) is 46.7 Å². The van der Waals surface area contributed by atoms with E-state index in [2.05, 4.69) is 18.8 Å². The lowest BCUT2D eigenvalue weighted by molar-refractivity contribution is 0.0587. The number of aryl methyl sites for hydroxylation is 1. The number of methoxy groups -OCH3 is 1. The predicted molar refractivity (Wildman–Crippen MR) is 105 cm³/mol. The number of aromatic nitrogens is 1. The van der Waals surface area contributed by atoms with E-state index in [0.29, 0.717) is 29.3 Å². The topological polar surface area (TPSA) is 92.6 Å². The first-order valence-electron chi connectivity index (χ1n) is 9.35. The second-order valence-electron chi connectivity index (χ2n) is 7.32. The van der Waals surface area contributed by atoms with Crippen LogP contribution in [0.2, 0.25) is 0 Å². The lowest BCUT2D eigenvalue weighted by Crippen LogP contribution is -2.44. The highest BCUT2D eigenvalue weighted by molar-refractivity contribution is 6.07. The van der Waals surface area contributed by atoms with Crippen LogP contribution in [0, 0.1) is 19.8 Å². The fourth-order valence-corrected chi connectivity index (χ4v) is 3.19. The highest BCUT2D eigenvalue weighted by Gasteiger charge is 2.32. The number of furan rings is 1. The number of Topliss-reactive ketones (excluding diaryl/α,β-unsaturated/α-hetero) is 1. The normalized spacial score (nSPS) is 12.1. The quantitative estimate of drug-likeness (QED) is 0.549. The summed E-state index contributed by atoms with van der Waals surface area (Å²) in [6.45, 7) is 9.68. The van der Waals surface area contributed by atoms with E-state index in [-0.39, 0.29) is 23.1 Å². The monoisotopic (exact) mass is 388 g/mol. The van der Waals surface area contributed by atoms with Crippen LogP contribution in [0.4, 0.5) is 0 Å². The van der Waals surface area contributed by atoms with Crippen LogP contribution in [0.5, 0.6) is 0 Å². The van der Waals surface area contributed by atoms with Gasteiger partial charge in [0.15, 0.2) is 11.5 Å². The van der Waals surface area contributed by atoms with Gasteiger partial charge in [-0.25, -0.2) is 4.79 Å². The molecule has 1 atom stereocenters. The number of nitrogens with one attached hydrogen (secondary N) is 1. The molecule has 152 valence electrons. The molecular weight excluding hydrogens is 360 g/mol. The van der Waals surface area contributed by atoms with Crippen molar-refractivity contribution in [2.24, 2.45) is 5.92 Å². The third-order valence-corrected chi connectivity index (χ3v) is 4.86. The summed E-state index contributed by atoms with van der Waals surface area (Å²) in [4.78, 5) is 42.6. The molecule has 0 bridgehead atoms. The molecule has 0 aliphatic carbocycles. The molecule has 0 saturated carbocycles. The first kappa shape index (κ1) is 21.5. The molecule has 0 aliphatic rings. The van der Waals surface area contributed by atoms with Crippen molar-refractivity contribution in [2.45, 2.75) is 47.1 Å². The molecular formula is C21H28N2O5. The number of rotatable bonds is 8. The van der Waals surface area contributed by atoms with E-state index in [1.807, 2.05) is 0 Å². The Bertz CT molecular complexity index is 849. The molecule has 0 radical (unpaired) electrons. The van der Waals surface area contributed by atoms with E-state index in [1.165, 1.54) is 18.3 Å². The van der Waals surface area contributed by atoms with Gasteiger partial charge in [-0.15, -0.1) is 0 Å². The number of carbonyl (C=O) groups excluding carboxylic acids is 3. The average molecular weight is 388 g/mol. The van der Waals surface area contributed by atoms with Crippen LogP contribution < -0.4 is 0 Å². The maximum absolute atomic E-state index is 13.3. The minimum atomic E-state index is -0.713. The molecule has 0 saturated heterocycles. The van der Waals surface area contributed by atoms with Crippen molar-refractivity contribution in [2.75, 3.05) is 13.7 Å². The number of aromatic amines is 1. The first-order chi connectivity index (χ1) is 13.2. The molecule has 1 amide bonds. The largest absolute Gasteiger partial charge is 0.464 e. The van der Waals surface area contributed by atoms with E-state index in [0.717, 1.165) is 6.42 Å². The Balaban J connectivity index is 2.37. The Hall–Kier alpha value is -2.83. The summed E-state index contributed by atoms with van der Waals surface area (Å²) < 4.78 is 10.0. The number of H-pyrrole nitrogens is 1. The van der Waals surface area contributed by atoms with Crippen LogP contribution in [0.25, 0.3) is 0 Å². The standard InChI is InChI=1S/C21H28N2O5/c1-12(2)9-10-23(20(25)16-8-7-11-28-16)15(5)19(24)17-13(3)18(21(26)27-6)22-14(17)4/h7-8,11-12,15,22H,9-10H2,1-6H3. The summed E-state index contributed by atoms with van der Waals surface area (Å²) in [5, 5.41) is 0. The molecule has 7 nitrogen and oxygen atoms in total. The van der Waals surface area contributed by atoms with Gasteiger partial charge in [-0.3, -0.25) is 9.59 Å². The zero-order valence-electron chi connectivity index (χ0n) is 17.3. The van der Waals surface area contributed by atoms with Gasteiger partial charge >= 0.3 is 5.97 Å². The number of hydrogen-bond acceptors (Lipinski definition) is 5. The van der Waals surface area contributed by atoms with Gasteiger partial charge in [0, 0.05) is 17.8 Å². The SMILES string of the molecule is COC(=O)c1[nH]c(C)c(C(=O)C(C)N(CCC(C)C)C(=O)c2ccco2)c1C. The number of ether oxygens (including phenoxy) is 1. The van der Waals surface area contributed by atoms with Crippen molar-refractivity contribution >= 4 is 17.7 Å². The molecule has 0 spiro atoms. The third-order valence-electron chi connectivity index (χ3n) is 4.86. The number of carbonyl (C=O) groups is 3. The van der Waals surface area contributed by atoms with Crippen molar-refractivity contribution in [3.8, 4) is 0 Å². The van der Waals surface area contributed by atoms with E-state index in [4.69, 9.17) is 9.15 Å². The van der Waals surface area contributed by atoms with Crippen molar-refractivity contribution in [3.63, 3.8) is 0 Å². The minimum Gasteiger partial charge on any atom is -0.464 e. The maximum Gasteiger partial charge on any atom is 0.354 e. The molecule has 1 N–H and O–H groups in total. The summed E-state index contributed by atoms with van der Waals surface area (Å²) in [6, 6.07) is 2.52. The van der Waals surface area contributed by atoms with Crippen LogP contribution in [-0.2, 0) is 4.74 Å². The van der Waals surface area contributed by atoms with Crippen LogP contribution in [0.3, 0.4) is 0 Å². The second kappa shape index (κ2) is 8.91. The number of esters is 1. The lowest BCUT2D eigenvalue weighted by Gasteiger charge is -2.28. The Morgan fingerprint density at radius 3 is 2.43 bits per heavy atom. The molecule has 0 fully saturated rings. The zero-order chi connectivity index (χ0) is 21.0. The summed E-state index contributed by atoms with van der Waals surface area (Å²) in [6.07, 6.45) is 2.19. The van der Waals surface area contributed by atoms with Crippen LogP contribution in [0.1, 0.15) is 69.9 Å². The number of hydrogen-bond donors (Lipinski definition) is 1. The molecule has 7 heteroatoms. The fraction of sp³-hybridized carbons (Fsp3) is 0.476. The van der Waals surface area contributed by atoms with Gasteiger partial charge in [-0.2, -0.15) is 0 Å². The van der Waals surface area contributed by atoms with Crippen molar-refractivity contribution < 1.29 is 23.5 Å². The smallest absolute Gasteiger partial charge is 0.354 e. The molecule has 2 aromatic heterocycles. The molecule has 2 heterocycles. The molecule has 28 heavy (non-hydrogen) atoms. The second-order valence-corrected chi connectivity index (χ2v) is 7.32. The molecule has 1 unspecified atom stereocenters. The first-order valence-corrected chi connectivity index (χ1v) is 9.35. The van der Waals surface area contributed by atoms with E-state index in [9.17, 15) is 14.4 Å². The third kappa shape index (κ3) is 4.35. The number of ketones is 1. The van der Waals surface area contributed by atoms with Crippen LogP contribution in [0.15, 0.2) is 22.8 Å².